The van der Waals surface area contributed by atoms with E-state index in [0.717, 1.165) is 11.3 Å². The van der Waals surface area contributed by atoms with Gasteiger partial charge in [-0.05, 0) is 25.0 Å². The topological polar surface area (TPSA) is 90.9 Å². The van der Waals surface area contributed by atoms with Gasteiger partial charge in [-0.1, -0.05) is 0 Å². The fraction of sp³-hybridized carbons (Fsp3) is 0.308. The molecule has 3 rings (SSSR count). The molecule has 6 nitrogen and oxygen atoms in total. The lowest BCUT2D eigenvalue weighted by atomic mass is 9.80. The van der Waals surface area contributed by atoms with Gasteiger partial charge in [0.15, 0.2) is 0 Å². The second-order valence-electron chi connectivity index (χ2n) is 4.73. The van der Waals surface area contributed by atoms with Gasteiger partial charge >= 0.3 is 5.97 Å². The van der Waals surface area contributed by atoms with Gasteiger partial charge in [-0.2, -0.15) is 0 Å². The fourth-order valence-corrected chi connectivity index (χ4v) is 2.17. The minimum absolute atomic E-state index is 0.164. The molecule has 2 aromatic heterocycles. The van der Waals surface area contributed by atoms with E-state index in [9.17, 15) is 4.79 Å². The van der Waals surface area contributed by atoms with Crippen molar-refractivity contribution in [2.75, 3.05) is 5.32 Å². The minimum atomic E-state index is -0.721. The molecular formula is C13H14N4O2. The first-order chi connectivity index (χ1) is 9.22. The van der Waals surface area contributed by atoms with Crippen LogP contribution in [0, 0.1) is 5.92 Å². The highest BCUT2D eigenvalue weighted by Crippen LogP contribution is 2.29. The van der Waals surface area contributed by atoms with Crippen LogP contribution < -0.4 is 5.32 Å². The number of aromatic amines is 1. The lowest BCUT2D eigenvalue weighted by Crippen LogP contribution is -2.39. The van der Waals surface area contributed by atoms with Crippen molar-refractivity contribution in [3.05, 3.63) is 30.7 Å². The van der Waals surface area contributed by atoms with Crippen molar-refractivity contribution < 1.29 is 9.90 Å². The Bertz CT molecular complexity index is 559. The summed E-state index contributed by atoms with van der Waals surface area (Å²) in [4.78, 5) is 22.3. The molecule has 0 radical (unpaired) electrons. The number of rotatable bonds is 4. The number of H-pyrrole nitrogens is 1. The molecule has 6 heteroatoms. The third-order valence-electron chi connectivity index (χ3n) is 3.38. The Labute approximate surface area is 109 Å². The van der Waals surface area contributed by atoms with Crippen LogP contribution in [0.4, 0.5) is 5.95 Å². The zero-order chi connectivity index (χ0) is 13.2. The van der Waals surface area contributed by atoms with E-state index < -0.39 is 5.97 Å². The van der Waals surface area contributed by atoms with E-state index in [1.165, 1.54) is 0 Å². The third kappa shape index (κ3) is 2.42. The molecule has 1 aliphatic carbocycles. The van der Waals surface area contributed by atoms with E-state index in [4.69, 9.17) is 5.11 Å². The summed E-state index contributed by atoms with van der Waals surface area (Å²) < 4.78 is 0. The smallest absolute Gasteiger partial charge is 0.306 e. The number of nitrogens with zero attached hydrogens (tertiary/aromatic N) is 2. The van der Waals surface area contributed by atoms with Crippen LogP contribution in [0.1, 0.15) is 12.8 Å². The van der Waals surface area contributed by atoms with Crippen molar-refractivity contribution in [1.82, 2.24) is 15.0 Å². The molecule has 98 valence electrons. The average molecular weight is 258 g/mol. The molecule has 1 saturated carbocycles. The monoisotopic (exact) mass is 258 g/mol. The highest BCUT2D eigenvalue weighted by atomic mass is 16.4. The van der Waals surface area contributed by atoms with Crippen molar-refractivity contribution in [3.63, 3.8) is 0 Å². The summed E-state index contributed by atoms with van der Waals surface area (Å²) in [5.41, 5.74) is 1.90. The maximum atomic E-state index is 10.7. The van der Waals surface area contributed by atoms with Crippen LogP contribution in [0.2, 0.25) is 0 Å². The molecule has 1 fully saturated rings. The lowest BCUT2D eigenvalue weighted by molar-refractivity contribution is -0.144. The maximum absolute atomic E-state index is 10.7. The number of hydrogen-bond acceptors (Lipinski definition) is 4. The zero-order valence-corrected chi connectivity index (χ0v) is 10.2. The Balaban J connectivity index is 1.60. The molecule has 0 spiro atoms. The van der Waals surface area contributed by atoms with Gasteiger partial charge < -0.3 is 15.4 Å². The number of carboxylic acids is 1. The highest BCUT2D eigenvalue weighted by Gasteiger charge is 2.34. The summed E-state index contributed by atoms with van der Waals surface area (Å²) in [5, 5.41) is 11.9. The Kier molecular flexibility index (Phi) is 2.91. The molecule has 0 amide bonds. The molecule has 0 saturated heterocycles. The highest BCUT2D eigenvalue weighted by molar-refractivity contribution is 5.71. The van der Waals surface area contributed by atoms with Gasteiger partial charge in [-0.25, -0.2) is 9.97 Å². The second-order valence-corrected chi connectivity index (χ2v) is 4.73. The van der Waals surface area contributed by atoms with Gasteiger partial charge in [0.1, 0.15) is 0 Å². The summed E-state index contributed by atoms with van der Waals surface area (Å²) >= 11 is 0. The lowest BCUT2D eigenvalue weighted by Gasteiger charge is -2.32. The number of carbonyl (C=O) groups is 1. The number of carboxylic acid groups (broad SMARTS) is 1. The van der Waals surface area contributed by atoms with Gasteiger partial charge in [0.05, 0.1) is 5.92 Å². The Morgan fingerprint density at radius 3 is 2.68 bits per heavy atom. The first-order valence-electron chi connectivity index (χ1n) is 6.17. The molecule has 0 aliphatic heterocycles. The number of anilines is 1. The third-order valence-corrected chi connectivity index (χ3v) is 3.38. The fourth-order valence-electron chi connectivity index (χ4n) is 2.17. The molecule has 1 aliphatic rings. The maximum Gasteiger partial charge on any atom is 0.306 e. The summed E-state index contributed by atoms with van der Waals surface area (Å²) in [7, 11) is 0. The number of nitrogens with one attached hydrogen (secondary N) is 2. The number of aromatic nitrogens is 3. The standard InChI is InChI=1S/C13H14N4O2/c18-12(19)8-4-10(5-8)17-13-15-6-9(7-16-13)11-2-1-3-14-11/h1-3,6-8,10,14H,4-5H2,(H,18,19)(H,15,16,17). The van der Waals surface area contributed by atoms with Crippen LogP contribution in [0.25, 0.3) is 11.3 Å². The van der Waals surface area contributed by atoms with E-state index in [0.29, 0.717) is 18.8 Å². The number of aliphatic carboxylic acids is 1. The largest absolute Gasteiger partial charge is 0.481 e. The quantitative estimate of drug-likeness (QED) is 0.777. The van der Waals surface area contributed by atoms with Crippen LogP contribution in [0.15, 0.2) is 30.7 Å². The Hall–Kier alpha value is -2.37. The minimum Gasteiger partial charge on any atom is -0.481 e. The Morgan fingerprint density at radius 1 is 1.37 bits per heavy atom. The molecule has 2 aromatic rings. The van der Waals surface area contributed by atoms with Gasteiger partial charge in [0, 0.05) is 35.9 Å². The predicted octanol–water partition coefficient (Wildman–Crippen LogP) is 1.75. The molecule has 19 heavy (non-hydrogen) atoms. The molecule has 0 unspecified atom stereocenters. The summed E-state index contributed by atoms with van der Waals surface area (Å²) in [6.07, 6.45) is 6.61. The van der Waals surface area contributed by atoms with Crippen LogP contribution in [0.5, 0.6) is 0 Å². The summed E-state index contributed by atoms with van der Waals surface area (Å²) in [6.45, 7) is 0. The summed E-state index contributed by atoms with van der Waals surface area (Å²) in [5.74, 6) is -0.402. The summed E-state index contributed by atoms with van der Waals surface area (Å²) in [6, 6.07) is 4.04. The van der Waals surface area contributed by atoms with E-state index in [-0.39, 0.29) is 12.0 Å². The molecular weight excluding hydrogens is 244 g/mol. The van der Waals surface area contributed by atoms with E-state index >= 15 is 0 Å². The molecule has 0 atom stereocenters. The van der Waals surface area contributed by atoms with Crippen molar-refractivity contribution in [2.45, 2.75) is 18.9 Å². The zero-order valence-electron chi connectivity index (χ0n) is 10.2. The predicted molar refractivity (Wildman–Crippen MR) is 69.6 cm³/mol. The second kappa shape index (κ2) is 4.72. The van der Waals surface area contributed by atoms with Crippen LogP contribution >= 0.6 is 0 Å². The van der Waals surface area contributed by atoms with Crippen molar-refractivity contribution in [1.29, 1.82) is 0 Å². The Morgan fingerprint density at radius 2 is 2.11 bits per heavy atom. The molecule has 0 aromatic carbocycles. The first-order valence-corrected chi connectivity index (χ1v) is 6.17. The van der Waals surface area contributed by atoms with Gasteiger partial charge in [-0.15, -0.1) is 0 Å². The van der Waals surface area contributed by atoms with Crippen molar-refractivity contribution >= 4 is 11.9 Å². The van der Waals surface area contributed by atoms with Crippen LogP contribution in [-0.2, 0) is 4.79 Å². The number of hydrogen-bond donors (Lipinski definition) is 3. The van der Waals surface area contributed by atoms with E-state index in [2.05, 4.69) is 20.3 Å². The first kappa shape index (κ1) is 11.7. The van der Waals surface area contributed by atoms with Crippen molar-refractivity contribution in [2.24, 2.45) is 5.92 Å². The van der Waals surface area contributed by atoms with E-state index in [1.54, 1.807) is 12.4 Å². The normalized spacial score (nSPS) is 21.7. The molecule has 2 heterocycles. The van der Waals surface area contributed by atoms with Gasteiger partial charge in [0.25, 0.3) is 0 Å². The average Bonchev–Trinajstić information content (AvgIpc) is 2.87. The van der Waals surface area contributed by atoms with Crippen LogP contribution in [0.3, 0.4) is 0 Å². The van der Waals surface area contributed by atoms with E-state index in [1.807, 2.05) is 18.3 Å². The van der Waals surface area contributed by atoms with Gasteiger partial charge in [0.2, 0.25) is 5.95 Å². The van der Waals surface area contributed by atoms with Crippen molar-refractivity contribution in [3.8, 4) is 11.3 Å². The van der Waals surface area contributed by atoms with Crippen LogP contribution in [-0.4, -0.2) is 32.1 Å². The molecule has 0 bridgehead atoms. The SMILES string of the molecule is O=C(O)C1CC(Nc2ncc(-c3ccc[nH]3)cn2)C1. The molecule has 3 N–H and O–H groups in total. The van der Waals surface area contributed by atoms with Gasteiger partial charge in [-0.3, -0.25) is 4.79 Å².